The first-order valence-electron chi connectivity index (χ1n) is 11.1. The van der Waals surface area contributed by atoms with Gasteiger partial charge in [0.25, 0.3) is 0 Å². The lowest BCUT2D eigenvalue weighted by Crippen LogP contribution is -2.47. The number of carbonyl (C=O) groups is 1. The highest BCUT2D eigenvalue weighted by Crippen LogP contribution is 2.61. The molecule has 156 valence electrons. The lowest BCUT2D eigenvalue weighted by atomic mass is 9.49. The maximum atomic E-state index is 13.1. The molecule has 0 aliphatic heterocycles. The zero-order valence-corrected chi connectivity index (χ0v) is 18.3. The third-order valence-corrected chi connectivity index (χ3v) is 8.55. The van der Waals surface area contributed by atoms with E-state index in [-0.39, 0.29) is 11.3 Å². The van der Waals surface area contributed by atoms with E-state index in [9.17, 15) is 4.79 Å². The summed E-state index contributed by atoms with van der Waals surface area (Å²) in [6, 6.07) is 6.17. The Morgan fingerprint density at radius 3 is 2.50 bits per heavy atom. The molecular weight excluding hydrogens is 394 g/mol. The van der Waals surface area contributed by atoms with Gasteiger partial charge in [-0.2, -0.15) is 9.61 Å². The van der Waals surface area contributed by atoms with E-state index in [1.54, 1.807) is 4.52 Å². The fourth-order valence-electron chi connectivity index (χ4n) is 6.76. The van der Waals surface area contributed by atoms with Gasteiger partial charge in [0.1, 0.15) is 5.01 Å². The smallest absolute Gasteiger partial charge is 0.234 e. The van der Waals surface area contributed by atoms with Crippen LogP contribution < -0.4 is 5.32 Å². The summed E-state index contributed by atoms with van der Waals surface area (Å²) in [5.74, 6) is 3.57. The number of aryl methyl sites for hydroxylation is 2. The first-order valence-corrected chi connectivity index (χ1v) is 11.9. The number of rotatable bonds is 4. The van der Waals surface area contributed by atoms with Crippen LogP contribution in [0.2, 0.25) is 0 Å². The Morgan fingerprint density at radius 1 is 1.13 bits per heavy atom. The molecule has 0 atom stereocenters. The molecule has 4 bridgehead atoms. The molecule has 4 aliphatic carbocycles. The molecule has 4 fully saturated rings. The normalized spacial score (nSPS) is 29.6. The first kappa shape index (κ1) is 18.5. The number of amides is 1. The van der Waals surface area contributed by atoms with Gasteiger partial charge in [-0.1, -0.05) is 23.5 Å². The quantitative estimate of drug-likeness (QED) is 0.642. The molecule has 3 aromatic rings. The van der Waals surface area contributed by atoms with Crippen LogP contribution in [0, 0.1) is 37.0 Å². The molecule has 4 aliphatic rings. The Balaban J connectivity index is 1.22. The second kappa shape index (κ2) is 6.61. The van der Waals surface area contributed by atoms with Crippen molar-refractivity contribution in [3.8, 4) is 10.6 Å². The molecule has 0 unspecified atom stereocenters. The number of nitrogens with zero attached hydrogens (tertiary/aromatic N) is 4. The van der Waals surface area contributed by atoms with Crippen LogP contribution in [0.25, 0.3) is 15.5 Å². The summed E-state index contributed by atoms with van der Waals surface area (Å²) in [6.07, 6.45) is 8.69. The van der Waals surface area contributed by atoms with E-state index in [1.807, 2.05) is 19.9 Å². The molecule has 30 heavy (non-hydrogen) atoms. The van der Waals surface area contributed by atoms with Gasteiger partial charge in [-0.15, -0.1) is 10.2 Å². The Labute approximate surface area is 180 Å². The van der Waals surface area contributed by atoms with Gasteiger partial charge in [0.15, 0.2) is 5.82 Å². The predicted molar refractivity (Wildman–Crippen MR) is 117 cm³/mol. The number of hydrogen-bond donors (Lipinski definition) is 1. The van der Waals surface area contributed by atoms with E-state index >= 15 is 0 Å². The topological polar surface area (TPSA) is 72.2 Å². The molecule has 6 nitrogen and oxygen atoms in total. The van der Waals surface area contributed by atoms with E-state index in [2.05, 4.69) is 32.7 Å². The molecule has 0 saturated heterocycles. The highest BCUT2D eigenvalue weighted by Gasteiger charge is 2.51. The van der Waals surface area contributed by atoms with Crippen LogP contribution in [0.4, 0.5) is 5.69 Å². The fourth-order valence-corrected chi connectivity index (χ4v) is 7.64. The number of carbonyl (C=O) groups excluding carboxylic acids is 1. The minimum Gasteiger partial charge on any atom is -0.326 e. The van der Waals surface area contributed by atoms with Gasteiger partial charge in [0, 0.05) is 17.7 Å². The highest BCUT2D eigenvalue weighted by molar-refractivity contribution is 7.19. The van der Waals surface area contributed by atoms with Crippen molar-refractivity contribution in [2.24, 2.45) is 23.2 Å². The van der Waals surface area contributed by atoms with E-state index in [0.717, 1.165) is 50.4 Å². The van der Waals surface area contributed by atoms with Crippen molar-refractivity contribution in [2.45, 2.75) is 58.8 Å². The fraction of sp³-hybridized carbons (Fsp3) is 0.565. The van der Waals surface area contributed by atoms with Crippen molar-refractivity contribution < 1.29 is 4.79 Å². The minimum atomic E-state index is 0.172. The van der Waals surface area contributed by atoms with Gasteiger partial charge in [0.05, 0.1) is 0 Å². The number of benzene rings is 1. The molecular formula is C23H27N5OS. The summed E-state index contributed by atoms with van der Waals surface area (Å²) in [5.41, 5.74) is 3.23. The molecule has 1 N–H and O–H groups in total. The van der Waals surface area contributed by atoms with Crippen molar-refractivity contribution in [1.29, 1.82) is 0 Å². The average Bonchev–Trinajstić information content (AvgIpc) is 3.24. The van der Waals surface area contributed by atoms with Gasteiger partial charge >= 0.3 is 0 Å². The van der Waals surface area contributed by atoms with Crippen LogP contribution in [0.15, 0.2) is 18.2 Å². The van der Waals surface area contributed by atoms with Gasteiger partial charge in [-0.3, -0.25) is 4.79 Å². The number of hydrogen-bond acceptors (Lipinski definition) is 5. The van der Waals surface area contributed by atoms with Crippen molar-refractivity contribution in [3.63, 3.8) is 0 Å². The second-order valence-corrected chi connectivity index (χ2v) is 11.0. The number of anilines is 1. The van der Waals surface area contributed by atoms with E-state index < -0.39 is 0 Å². The molecule has 2 aromatic heterocycles. The zero-order valence-electron chi connectivity index (χ0n) is 17.5. The summed E-state index contributed by atoms with van der Waals surface area (Å²) in [7, 11) is 0. The van der Waals surface area contributed by atoms with Crippen molar-refractivity contribution in [1.82, 2.24) is 19.8 Å². The number of fused-ring (bicyclic) bond motifs is 1. The molecule has 0 spiro atoms. The summed E-state index contributed by atoms with van der Waals surface area (Å²) >= 11 is 1.51. The van der Waals surface area contributed by atoms with Crippen LogP contribution in [0.5, 0.6) is 0 Å². The van der Waals surface area contributed by atoms with E-state index in [4.69, 9.17) is 0 Å². The summed E-state index contributed by atoms with van der Waals surface area (Å²) in [5, 5.41) is 17.0. The minimum absolute atomic E-state index is 0.172. The van der Waals surface area contributed by atoms with Crippen LogP contribution in [0.1, 0.15) is 56.3 Å². The Kier molecular flexibility index (Phi) is 4.07. The van der Waals surface area contributed by atoms with Gasteiger partial charge < -0.3 is 5.32 Å². The molecule has 1 amide bonds. The van der Waals surface area contributed by atoms with Gasteiger partial charge in [-0.05, 0) is 87.2 Å². The van der Waals surface area contributed by atoms with E-state index in [0.29, 0.717) is 6.42 Å². The maximum absolute atomic E-state index is 13.1. The Hall–Kier alpha value is -2.28. The summed E-state index contributed by atoms with van der Waals surface area (Å²) < 4.78 is 1.77. The highest BCUT2D eigenvalue weighted by atomic mass is 32.1. The zero-order chi connectivity index (χ0) is 20.5. The monoisotopic (exact) mass is 421 g/mol. The van der Waals surface area contributed by atoms with Crippen LogP contribution in [-0.4, -0.2) is 25.7 Å². The molecule has 4 saturated carbocycles. The van der Waals surface area contributed by atoms with Crippen molar-refractivity contribution in [2.75, 3.05) is 5.32 Å². The maximum Gasteiger partial charge on any atom is 0.234 e. The number of aromatic nitrogens is 4. The molecule has 7 heteroatoms. The summed E-state index contributed by atoms with van der Waals surface area (Å²) in [6.45, 7) is 3.95. The summed E-state index contributed by atoms with van der Waals surface area (Å²) in [4.78, 5) is 13.9. The third kappa shape index (κ3) is 3.06. The van der Waals surface area contributed by atoms with Gasteiger partial charge in [0.2, 0.25) is 10.9 Å². The first-order chi connectivity index (χ1) is 14.5. The van der Waals surface area contributed by atoms with Gasteiger partial charge in [-0.25, -0.2) is 0 Å². The third-order valence-electron chi connectivity index (χ3n) is 7.61. The standard InChI is InChI=1S/C23H27N5OS/c1-13-3-4-18(21-27-28-14(2)25-26-22(28)30-21)8-19(13)24-20(29)12-23-9-15-5-16(10-23)7-17(6-15)11-23/h3-4,8,15-17H,5-7,9-12H2,1-2H3,(H,24,29). The molecule has 7 rings (SSSR count). The van der Waals surface area contributed by atoms with Crippen LogP contribution >= 0.6 is 11.3 Å². The second-order valence-electron chi connectivity index (χ2n) is 10.0. The van der Waals surface area contributed by atoms with E-state index in [1.165, 1.54) is 49.9 Å². The lowest BCUT2D eigenvalue weighted by Gasteiger charge is -2.56. The molecule has 1 aromatic carbocycles. The molecule has 0 radical (unpaired) electrons. The SMILES string of the molecule is Cc1ccc(-c2nn3c(C)nnc3s2)cc1NC(=O)CC12CC3CC(CC(C3)C1)C2. The average molecular weight is 422 g/mol. The van der Waals surface area contributed by atoms with Crippen LogP contribution in [-0.2, 0) is 4.79 Å². The van der Waals surface area contributed by atoms with Crippen molar-refractivity contribution >= 4 is 27.9 Å². The largest absolute Gasteiger partial charge is 0.326 e. The predicted octanol–water partition coefficient (Wildman–Crippen LogP) is 5.01. The van der Waals surface area contributed by atoms with Crippen LogP contribution in [0.3, 0.4) is 0 Å². The number of nitrogens with one attached hydrogen (secondary N) is 1. The Bertz CT molecular complexity index is 1110. The lowest BCUT2D eigenvalue weighted by molar-refractivity contribution is -0.124. The Morgan fingerprint density at radius 2 is 1.83 bits per heavy atom. The molecule has 2 heterocycles. The van der Waals surface area contributed by atoms with Crippen molar-refractivity contribution in [3.05, 3.63) is 29.6 Å².